The summed E-state index contributed by atoms with van der Waals surface area (Å²) in [6, 6.07) is 3.08. The van der Waals surface area contributed by atoms with Gasteiger partial charge in [0.2, 0.25) is 0 Å². The van der Waals surface area contributed by atoms with Crippen molar-refractivity contribution in [3.63, 3.8) is 0 Å². The molecule has 0 fully saturated rings. The molecule has 0 saturated carbocycles. The number of phenols is 1. The van der Waals surface area contributed by atoms with Gasteiger partial charge in [-0.05, 0) is 12.1 Å². The predicted octanol–water partition coefficient (Wildman–Crippen LogP) is 0.808. The third kappa shape index (κ3) is 2.67. The first-order chi connectivity index (χ1) is 7.41. The highest BCUT2D eigenvalue weighted by atomic mass is 16.6. The number of nitro groups is 1. The SMILES string of the molecule is O=C(O)C[C@H](O)c1cc(O)ccc1[N+](=O)[O-]. The van der Waals surface area contributed by atoms with Gasteiger partial charge in [-0.25, -0.2) is 0 Å². The summed E-state index contributed by atoms with van der Waals surface area (Å²) in [4.78, 5) is 20.2. The van der Waals surface area contributed by atoms with Gasteiger partial charge in [-0.15, -0.1) is 0 Å². The van der Waals surface area contributed by atoms with Crippen molar-refractivity contribution in [2.45, 2.75) is 12.5 Å². The monoisotopic (exact) mass is 227 g/mol. The van der Waals surface area contributed by atoms with Crippen LogP contribution in [-0.4, -0.2) is 26.2 Å². The Kier molecular flexibility index (Phi) is 3.41. The van der Waals surface area contributed by atoms with Crippen LogP contribution in [-0.2, 0) is 4.79 Å². The quantitative estimate of drug-likeness (QED) is 0.516. The number of aliphatic carboxylic acids is 1. The highest BCUT2D eigenvalue weighted by molar-refractivity contribution is 5.68. The molecule has 0 unspecified atom stereocenters. The van der Waals surface area contributed by atoms with Crippen LogP contribution in [0.1, 0.15) is 18.1 Å². The van der Waals surface area contributed by atoms with Crippen molar-refractivity contribution in [3.05, 3.63) is 33.9 Å². The molecule has 0 aliphatic rings. The molecule has 0 aliphatic heterocycles. The second-order valence-electron chi connectivity index (χ2n) is 3.11. The van der Waals surface area contributed by atoms with Crippen molar-refractivity contribution in [2.75, 3.05) is 0 Å². The second kappa shape index (κ2) is 4.58. The lowest BCUT2D eigenvalue weighted by atomic mass is 10.0. The number of hydrogen-bond donors (Lipinski definition) is 3. The highest BCUT2D eigenvalue weighted by Crippen LogP contribution is 2.30. The molecule has 16 heavy (non-hydrogen) atoms. The fraction of sp³-hybridized carbons (Fsp3) is 0.222. The number of aromatic hydroxyl groups is 1. The molecule has 1 aromatic carbocycles. The van der Waals surface area contributed by atoms with Crippen molar-refractivity contribution >= 4 is 11.7 Å². The third-order valence-corrected chi connectivity index (χ3v) is 1.93. The van der Waals surface area contributed by atoms with Crippen molar-refractivity contribution < 1.29 is 25.0 Å². The molecule has 0 aromatic heterocycles. The molecule has 0 saturated heterocycles. The lowest BCUT2D eigenvalue weighted by molar-refractivity contribution is -0.386. The summed E-state index contributed by atoms with van der Waals surface area (Å²) >= 11 is 0. The van der Waals surface area contributed by atoms with Crippen LogP contribution in [0.3, 0.4) is 0 Å². The van der Waals surface area contributed by atoms with Crippen LogP contribution in [0.25, 0.3) is 0 Å². The van der Waals surface area contributed by atoms with E-state index in [0.29, 0.717) is 0 Å². The zero-order chi connectivity index (χ0) is 12.3. The smallest absolute Gasteiger partial charge is 0.306 e. The number of aliphatic hydroxyl groups is 1. The number of carboxylic acids is 1. The van der Waals surface area contributed by atoms with Crippen LogP contribution < -0.4 is 0 Å². The number of nitrogens with zero attached hydrogens (tertiary/aromatic N) is 1. The molecule has 86 valence electrons. The van der Waals surface area contributed by atoms with E-state index in [4.69, 9.17) is 10.2 Å². The Balaban J connectivity index is 3.13. The fourth-order valence-electron chi connectivity index (χ4n) is 1.25. The van der Waals surface area contributed by atoms with E-state index in [-0.39, 0.29) is 11.3 Å². The van der Waals surface area contributed by atoms with E-state index >= 15 is 0 Å². The number of nitro benzene ring substituents is 1. The molecule has 1 atom stereocenters. The van der Waals surface area contributed by atoms with Crippen LogP contribution in [0.15, 0.2) is 18.2 Å². The zero-order valence-corrected chi connectivity index (χ0v) is 8.03. The van der Waals surface area contributed by atoms with E-state index in [1.54, 1.807) is 0 Å². The number of hydrogen-bond acceptors (Lipinski definition) is 5. The topological polar surface area (TPSA) is 121 Å². The average Bonchev–Trinajstić information content (AvgIpc) is 2.15. The van der Waals surface area contributed by atoms with Crippen molar-refractivity contribution in [1.29, 1.82) is 0 Å². The Bertz CT molecular complexity index is 430. The van der Waals surface area contributed by atoms with Crippen molar-refractivity contribution in [1.82, 2.24) is 0 Å². The summed E-state index contributed by atoms with van der Waals surface area (Å²) in [5, 5.41) is 37.6. The molecule has 3 N–H and O–H groups in total. The predicted molar refractivity (Wildman–Crippen MR) is 52.0 cm³/mol. The van der Waals surface area contributed by atoms with Crippen molar-refractivity contribution in [3.8, 4) is 5.75 Å². The minimum Gasteiger partial charge on any atom is -0.508 e. The van der Waals surface area contributed by atoms with Crippen LogP contribution in [0.4, 0.5) is 5.69 Å². The first-order valence-corrected chi connectivity index (χ1v) is 4.29. The highest BCUT2D eigenvalue weighted by Gasteiger charge is 2.22. The van der Waals surface area contributed by atoms with Gasteiger partial charge in [0.05, 0.1) is 23.0 Å². The third-order valence-electron chi connectivity index (χ3n) is 1.93. The summed E-state index contributed by atoms with van der Waals surface area (Å²) in [5.74, 6) is -1.56. The van der Waals surface area contributed by atoms with Gasteiger partial charge in [-0.1, -0.05) is 0 Å². The first-order valence-electron chi connectivity index (χ1n) is 4.29. The summed E-state index contributed by atoms with van der Waals surface area (Å²) < 4.78 is 0. The van der Waals surface area contributed by atoms with Crippen LogP contribution >= 0.6 is 0 Å². The molecule has 0 aliphatic carbocycles. The molecule has 0 heterocycles. The van der Waals surface area contributed by atoms with Gasteiger partial charge in [0.25, 0.3) is 5.69 Å². The molecule has 0 spiro atoms. The molecule has 1 rings (SSSR count). The maximum atomic E-state index is 10.6. The number of phenolic OH excluding ortho intramolecular Hbond substituents is 1. The van der Waals surface area contributed by atoms with E-state index in [2.05, 4.69) is 0 Å². The number of rotatable bonds is 4. The van der Waals surface area contributed by atoms with Gasteiger partial charge in [-0.3, -0.25) is 14.9 Å². The van der Waals surface area contributed by atoms with Crippen LogP contribution in [0.5, 0.6) is 5.75 Å². The standard InChI is InChI=1S/C9H9NO6/c11-5-1-2-7(10(15)16)6(3-5)8(12)4-9(13)14/h1-3,8,11-12H,4H2,(H,13,14)/t8-/m0/s1. The Morgan fingerprint density at radius 1 is 1.50 bits per heavy atom. The minimum atomic E-state index is -1.52. The Labute approximate surface area is 89.7 Å². The van der Waals surface area contributed by atoms with Crippen LogP contribution in [0.2, 0.25) is 0 Å². The van der Waals surface area contributed by atoms with E-state index in [1.165, 1.54) is 0 Å². The van der Waals surface area contributed by atoms with Gasteiger partial charge in [0, 0.05) is 6.07 Å². The molecule has 0 bridgehead atoms. The number of benzene rings is 1. The fourth-order valence-corrected chi connectivity index (χ4v) is 1.25. The van der Waals surface area contributed by atoms with Gasteiger partial charge in [0.1, 0.15) is 5.75 Å². The second-order valence-corrected chi connectivity index (χ2v) is 3.11. The van der Waals surface area contributed by atoms with E-state index in [9.17, 15) is 20.0 Å². The molecule has 0 amide bonds. The van der Waals surface area contributed by atoms with E-state index < -0.39 is 29.1 Å². The van der Waals surface area contributed by atoms with Crippen molar-refractivity contribution in [2.24, 2.45) is 0 Å². The normalized spacial score (nSPS) is 12.1. The average molecular weight is 227 g/mol. The molecule has 0 radical (unpaired) electrons. The van der Waals surface area contributed by atoms with Crippen LogP contribution in [0, 0.1) is 10.1 Å². The largest absolute Gasteiger partial charge is 0.508 e. The Morgan fingerprint density at radius 2 is 2.12 bits per heavy atom. The maximum Gasteiger partial charge on any atom is 0.306 e. The molecule has 1 aromatic rings. The Morgan fingerprint density at radius 3 is 2.62 bits per heavy atom. The van der Waals surface area contributed by atoms with Gasteiger partial charge in [0.15, 0.2) is 0 Å². The molecular weight excluding hydrogens is 218 g/mol. The summed E-state index contributed by atoms with van der Waals surface area (Å²) in [5.41, 5.74) is -0.640. The lowest BCUT2D eigenvalue weighted by Crippen LogP contribution is -2.07. The van der Waals surface area contributed by atoms with E-state index in [1.807, 2.05) is 0 Å². The zero-order valence-electron chi connectivity index (χ0n) is 8.03. The summed E-state index contributed by atoms with van der Waals surface area (Å²) in [6.07, 6.45) is -2.19. The number of carboxylic acid groups (broad SMARTS) is 1. The minimum absolute atomic E-state index is 0.215. The van der Waals surface area contributed by atoms with Gasteiger partial charge in [-0.2, -0.15) is 0 Å². The molecular formula is C9H9NO6. The number of carbonyl (C=O) groups is 1. The maximum absolute atomic E-state index is 10.6. The lowest BCUT2D eigenvalue weighted by Gasteiger charge is -2.08. The Hall–Kier alpha value is -2.15. The van der Waals surface area contributed by atoms with Gasteiger partial charge < -0.3 is 15.3 Å². The molecule has 7 nitrogen and oxygen atoms in total. The summed E-state index contributed by atoms with van der Waals surface area (Å²) in [6.45, 7) is 0. The number of aliphatic hydroxyl groups excluding tert-OH is 1. The first kappa shape index (κ1) is 11.9. The van der Waals surface area contributed by atoms with E-state index in [0.717, 1.165) is 18.2 Å². The molecule has 7 heteroatoms. The van der Waals surface area contributed by atoms with Gasteiger partial charge >= 0.3 is 5.97 Å². The summed E-state index contributed by atoms with van der Waals surface area (Å²) in [7, 11) is 0.